The van der Waals surface area contributed by atoms with Crippen molar-refractivity contribution in [2.45, 2.75) is 31.8 Å². The zero-order chi connectivity index (χ0) is 24.5. The van der Waals surface area contributed by atoms with Gasteiger partial charge in [-0.2, -0.15) is 15.1 Å². The summed E-state index contributed by atoms with van der Waals surface area (Å²) in [6.45, 7) is 1.48. The van der Waals surface area contributed by atoms with Crippen LogP contribution in [0.15, 0.2) is 35.1 Å². The van der Waals surface area contributed by atoms with Gasteiger partial charge in [0.25, 0.3) is 0 Å². The van der Waals surface area contributed by atoms with Gasteiger partial charge in [-0.1, -0.05) is 12.1 Å². The Hall–Kier alpha value is -2.73. The number of hydrogen-bond acceptors (Lipinski definition) is 9. The van der Waals surface area contributed by atoms with Crippen molar-refractivity contribution < 1.29 is 28.3 Å². The van der Waals surface area contributed by atoms with Gasteiger partial charge in [-0.15, -0.1) is 0 Å². The minimum Gasteiger partial charge on any atom is -0.480 e. The highest BCUT2D eigenvalue weighted by molar-refractivity contribution is 9.10. The molecular formula is C20H24BrN6O6P. The van der Waals surface area contributed by atoms with Gasteiger partial charge in [-0.05, 0) is 53.7 Å². The van der Waals surface area contributed by atoms with Crippen LogP contribution in [-0.2, 0) is 13.9 Å². The van der Waals surface area contributed by atoms with Crippen molar-refractivity contribution in [2.75, 3.05) is 19.5 Å². The Kier molecular flexibility index (Phi) is 7.08. The zero-order valence-electron chi connectivity index (χ0n) is 18.4. The first-order chi connectivity index (χ1) is 16.2. The predicted molar refractivity (Wildman–Crippen MR) is 127 cm³/mol. The summed E-state index contributed by atoms with van der Waals surface area (Å²) < 4.78 is 32.4. The number of nitrogen functional groups attached to an aromatic ring is 1. The second kappa shape index (κ2) is 9.87. The van der Waals surface area contributed by atoms with Crippen LogP contribution < -0.4 is 20.1 Å². The smallest absolute Gasteiger partial charge is 0.459 e. The van der Waals surface area contributed by atoms with E-state index < -0.39 is 19.8 Å². The van der Waals surface area contributed by atoms with Crippen molar-refractivity contribution in [3.8, 4) is 11.6 Å². The van der Waals surface area contributed by atoms with Gasteiger partial charge >= 0.3 is 13.7 Å². The average molecular weight is 555 g/mol. The highest BCUT2D eigenvalue weighted by Crippen LogP contribution is 2.49. The molecule has 34 heavy (non-hydrogen) atoms. The molecule has 0 radical (unpaired) electrons. The number of halogens is 1. The number of aliphatic carboxylic acids is 1. The number of carboxylic acids is 1. The van der Waals surface area contributed by atoms with Gasteiger partial charge in [-0.3, -0.25) is 9.32 Å². The lowest BCUT2D eigenvalue weighted by molar-refractivity contribution is -0.138. The number of rotatable bonds is 10. The van der Waals surface area contributed by atoms with Crippen molar-refractivity contribution in [3.05, 3.63) is 35.1 Å². The number of para-hydroxylation sites is 1. The third kappa shape index (κ3) is 5.17. The van der Waals surface area contributed by atoms with Crippen LogP contribution in [0.2, 0.25) is 0 Å². The Morgan fingerprint density at radius 3 is 2.79 bits per heavy atom. The fraction of sp³-hybridized carbons (Fsp3) is 0.400. The number of fused-ring (bicyclic) bond motifs is 1. The summed E-state index contributed by atoms with van der Waals surface area (Å²) in [6.07, 6.45) is 3.09. The molecule has 0 spiro atoms. The summed E-state index contributed by atoms with van der Waals surface area (Å²) in [5.41, 5.74) is 6.89. The maximum absolute atomic E-state index is 13.4. The molecule has 1 aliphatic rings. The molecule has 1 aliphatic carbocycles. The van der Waals surface area contributed by atoms with Crippen LogP contribution in [0.5, 0.6) is 11.6 Å². The first-order valence-electron chi connectivity index (χ1n) is 10.4. The standard InChI is InChI=1S/C20H24BrN6O6P/c1-11(19(28)29)26-34(30,33-15-6-4-3-5-14(15)21)32-9-12-7-13(8-12)27-10-23-16-17(27)24-20(22)25-18(16)31-2/h3-6,10-13H,7-9H2,1-2H3,(H,26,30)(H,28,29)(H2,22,24,25). The van der Waals surface area contributed by atoms with E-state index in [0.29, 0.717) is 34.4 Å². The van der Waals surface area contributed by atoms with Crippen LogP contribution in [0.3, 0.4) is 0 Å². The fourth-order valence-corrected chi connectivity index (χ4v) is 5.69. The number of ether oxygens (including phenoxy) is 1. The molecule has 1 fully saturated rings. The van der Waals surface area contributed by atoms with Crippen molar-refractivity contribution in [1.29, 1.82) is 0 Å². The number of nitrogens with one attached hydrogen (secondary N) is 1. The SMILES string of the molecule is COc1nc(N)nc2c1ncn2C1CC(COP(=O)(NC(C)C(=O)O)Oc2ccccc2Br)C1. The molecule has 0 saturated heterocycles. The number of nitrogens with two attached hydrogens (primary N) is 1. The molecule has 14 heteroatoms. The van der Waals surface area contributed by atoms with Crippen LogP contribution in [-0.4, -0.2) is 50.4 Å². The molecule has 2 atom stereocenters. The molecule has 12 nitrogen and oxygen atoms in total. The molecule has 1 aromatic carbocycles. The summed E-state index contributed by atoms with van der Waals surface area (Å²) in [5.74, 6) is -0.426. The van der Waals surface area contributed by atoms with Gasteiger partial charge < -0.3 is 24.7 Å². The van der Waals surface area contributed by atoms with Gasteiger partial charge in [-0.25, -0.2) is 9.55 Å². The zero-order valence-corrected chi connectivity index (χ0v) is 20.9. The number of anilines is 1. The molecule has 2 unspecified atom stereocenters. The maximum atomic E-state index is 13.4. The van der Waals surface area contributed by atoms with Crippen molar-refractivity contribution >= 4 is 46.8 Å². The van der Waals surface area contributed by atoms with E-state index in [0.717, 1.165) is 0 Å². The fourth-order valence-electron chi connectivity index (χ4n) is 3.61. The highest BCUT2D eigenvalue weighted by atomic mass is 79.9. The minimum absolute atomic E-state index is 0.0709. The number of nitrogens with zero attached hydrogens (tertiary/aromatic N) is 4. The van der Waals surface area contributed by atoms with E-state index in [1.54, 1.807) is 30.6 Å². The quantitative estimate of drug-likeness (QED) is 0.314. The molecule has 0 amide bonds. The molecule has 4 rings (SSSR count). The van der Waals surface area contributed by atoms with Crippen LogP contribution in [0, 0.1) is 5.92 Å². The van der Waals surface area contributed by atoms with Gasteiger partial charge in [0.15, 0.2) is 11.2 Å². The maximum Gasteiger partial charge on any atom is 0.459 e. The van der Waals surface area contributed by atoms with E-state index >= 15 is 0 Å². The van der Waals surface area contributed by atoms with E-state index in [1.165, 1.54) is 14.0 Å². The Morgan fingerprint density at radius 1 is 1.38 bits per heavy atom. The second-order valence-corrected chi connectivity index (χ2v) is 10.5. The molecule has 2 aromatic heterocycles. The van der Waals surface area contributed by atoms with E-state index in [2.05, 4.69) is 36.0 Å². The predicted octanol–water partition coefficient (Wildman–Crippen LogP) is 3.40. The van der Waals surface area contributed by atoms with Crippen LogP contribution in [0.4, 0.5) is 5.95 Å². The molecule has 1 saturated carbocycles. The minimum atomic E-state index is -3.98. The van der Waals surface area contributed by atoms with E-state index in [9.17, 15) is 14.5 Å². The van der Waals surface area contributed by atoms with Gasteiger partial charge in [0.05, 0.1) is 24.5 Å². The largest absolute Gasteiger partial charge is 0.480 e. The summed E-state index contributed by atoms with van der Waals surface area (Å²) >= 11 is 3.33. The first kappa shape index (κ1) is 24.4. The van der Waals surface area contributed by atoms with Gasteiger partial charge in [0, 0.05) is 6.04 Å². The number of methoxy groups -OCH3 is 1. The number of aromatic nitrogens is 4. The summed E-state index contributed by atoms with van der Waals surface area (Å²) in [6, 6.07) is 5.77. The highest BCUT2D eigenvalue weighted by Gasteiger charge is 2.37. The van der Waals surface area contributed by atoms with E-state index in [-0.39, 0.29) is 30.3 Å². The lowest BCUT2D eigenvalue weighted by Gasteiger charge is -2.36. The van der Waals surface area contributed by atoms with Gasteiger partial charge in [0.1, 0.15) is 11.8 Å². The summed E-state index contributed by atoms with van der Waals surface area (Å²) in [7, 11) is -2.49. The molecular weight excluding hydrogens is 531 g/mol. The number of benzene rings is 1. The van der Waals surface area contributed by atoms with Crippen LogP contribution in [0.1, 0.15) is 25.8 Å². The molecule has 182 valence electrons. The van der Waals surface area contributed by atoms with Crippen LogP contribution in [0.25, 0.3) is 11.2 Å². The molecule has 0 aliphatic heterocycles. The normalized spacial score (nSPS) is 20.3. The lowest BCUT2D eigenvalue weighted by Crippen LogP contribution is -2.35. The number of imidazole rings is 1. The van der Waals surface area contributed by atoms with Crippen molar-refractivity contribution in [3.63, 3.8) is 0 Å². The molecule has 3 aromatic rings. The number of carbonyl (C=O) groups is 1. The molecule has 0 bridgehead atoms. The third-order valence-corrected chi connectivity index (χ3v) is 7.75. The molecule has 2 heterocycles. The average Bonchev–Trinajstić information content (AvgIpc) is 3.17. The topological polar surface area (TPSA) is 164 Å². The van der Waals surface area contributed by atoms with Crippen LogP contribution >= 0.6 is 23.7 Å². The Labute approximate surface area is 203 Å². The summed E-state index contributed by atoms with van der Waals surface area (Å²) in [4.78, 5) is 24.0. The Bertz CT molecular complexity index is 1250. The summed E-state index contributed by atoms with van der Waals surface area (Å²) in [5, 5.41) is 11.7. The lowest BCUT2D eigenvalue weighted by atomic mass is 9.81. The molecule has 4 N–H and O–H groups in total. The van der Waals surface area contributed by atoms with Gasteiger partial charge in [0.2, 0.25) is 11.8 Å². The number of carboxylic acid groups (broad SMARTS) is 1. The Morgan fingerprint density at radius 2 is 2.12 bits per heavy atom. The van der Waals surface area contributed by atoms with Crippen molar-refractivity contribution in [2.24, 2.45) is 5.92 Å². The first-order valence-corrected chi connectivity index (χ1v) is 12.8. The Balaban J connectivity index is 1.43. The van der Waals surface area contributed by atoms with E-state index in [1.807, 2.05) is 4.57 Å². The monoisotopic (exact) mass is 554 g/mol. The second-order valence-electron chi connectivity index (χ2n) is 7.91. The van der Waals surface area contributed by atoms with E-state index in [4.69, 9.17) is 19.5 Å². The van der Waals surface area contributed by atoms with Crippen molar-refractivity contribution in [1.82, 2.24) is 24.6 Å². The number of hydrogen-bond donors (Lipinski definition) is 3. The third-order valence-electron chi connectivity index (χ3n) is 5.46.